The van der Waals surface area contributed by atoms with Crippen molar-refractivity contribution in [1.82, 2.24) is 0 Å². The number of ether oxygens (including phenoxy) is 1. The summed E-state index contributed by atoms with van der Waals surface area (Å²) >= 11 is 0. The molecule has 0 saturated heterocycles. The van der Waals surface area contributed by atoms with Gasteiger partial charge in [-0.25, -0.2) is 0 Å². The van der Waals surface area contributed by atoms with E-state index in [1.165, 1.54) is 96.3 Å². The Morgan fingerprint density at radius 2 is 1.00 bits per heavy atom. The van der Waals surface area contributed by atoms with Crippen molar-refractivity contribution in [2.24, 2.45) is 0 Å². The summed E-state index contributed by atoms with van der Waals surface area (Å²) in [6, 6.07) is 0. The summed E-state index contributed by atoms with van der Waals surface area (Å²) in [6.45, 7) is 8.29. The van der Waals surface area contributed by atoms with E-state index in [4.69, 9.17) is 20.1 Å². The largest absolute Gasteiger partial charge is 0.481 e. The fourth-order valence-corrected chi connectivity index (χ4v) is 2.94. The number of rotatable bonds is 22. The minimum atomic E-state index is -0.664. The fourth-order valence-electron chi connectivity index (χ4n) is 2.94. The summed E-state index contributed by atoms with van der Waals surface area (Å²) in [6.07, 6.45) is 26.1. The van der Waals surface area contributed by atoms with Crippen LogP contribution >= 0.6 is 0 Å². The van der Waals surface area contributed by atoms with E-state index in [1.807, 2.05) is 0 Å². The molecule has 0 amide bonds. The molecule has 33 heavy (non-hydrogen) atoms. The van der Waals surface area contributed by atoms with Crippen LogP contribution in [0.5, 0.6) is 0 Å². The summed E-state index contributed by atoms with van der Waals surface area (Å²) in [5.41, 5.74) is 0. The molecule has 0 heterocycles. The Hall–Kier alpha value is -0.910. The van der Waals surface area contributed by atoms with Gasteiger partial charge >= 0.3 is 5.97 Å². The molecule has 200 valence electrons. The molecule has 0 rings (SSSR count). The monoisotopic (exact) mass is 474 g/mol. The number of carboxylic acids is 1. The first kappa shape index (κ1) is 36.7. The van der Waals surface area contributed by atoms with Crippen molar-refractivity contribution in [3.05, 3.63) is 12.2 Å². The van der Waals surface area contributed by atoms with Crippen molar-refractivity contribution in [2.75, 3.05) is 26.4 Å². The summed E-state index contributed by atoms with van der Waals surface area (Å²) in [4.78, 5) is 10.3. The normalized spacial score (nSPS) is 10.5. The SMILES string of the molecule is CCCCCCCC/C=C\CCCCCCCC(=O)O.CCCCOCCCC.OCCO. The molecule has 0 unspecified atom stereocenters. The molecule has 5 nitrogen and oxygen atoms in total. The lowest BCUT2D eigenvalue weighted by atomic mass is 10.1. The van der Waals surface area contributed by atoms with Crippen molar-refractivity contribution in [3.63, 3.8) is 0 Å². The van der Waals surface area contributed by atoms with Gasteiger partial charge in [0.15, 0.2) is 0 Å². The van der Waals surface area contributed by atoms with Crippen LogP contribution in [0.4, 0.5) is 0 Å². The molecule has 0 fully saturated rings. The van der Waals surface area contributed by atoms with E-state index in [9.17, 15) is 4.79 Å². The van der Waals surface area contributed by atoms with E-state index in [-0.39, 0.29) is 13.2 Å². The van der Waals surface area contributed by atoms with Crippen molar-refractivity contribution < 1.29 is 24.9 Å². The molecule has 0 aromatic heterocycles. The van der Waals surface area contributed by atoms with E-state index in [2.05, 4.69) is 32.9 Å². The highest BCUT2D eigenvalue weighted by molar-refractivity contribution is 5.66. The number of unbranched alkanes of at least 4 members (excludes halogenated alkanes) is 13. The number of aliphatic carboxylic acids is 1. The van der Waals surface area contributed by atoms with Crippen molar-refractivity contribution in [3.8, 4) is 0 Å². The van der Waals surface area contributed by atoms with Gasteiger partial charge in [-0.05, 0) is 44.9 Å². The minimum Gasteiger partial charge on any atom is -0.481 e. The van der Waals surface area contributed by atoms with Crippen LogP contribution in [-0.2, 0) is 9.53 Å². The maximum atomic E-state index is 10.3. The number of carbonyl (C=O) groups is 1. The van der Waals surface area contributed by atoms with E-state index in [1.54, 1.807) is 0 Å². The molecular weight excluding hydrogens is 416 g/mol. The lowest BCUT2D eigenvalue weighted by Gasteiger charge is -1.99. The Labute approximate surface area is 206 Å². The molecule has 0 saturated carbocycles. The van der Waals surface area contributed by atoms with E-state index in [0.29, 0.717) is 6.42 Å². The number of allylic oxidation sites excluding steroid dienone is 2. The van der Waals surface area contributed by atoms with E-state index in [0.717, 1.165) is 26.1 Å². The molecule has 0 radical (unpaired) electrons. The van der Waals surface area contributed by atoms with Gasteiger partial charge in [-0.1, -0.05) is 97.1 Å². The molecule has 0 aromatic rings. The second kappa shape index (κ2) is 38.4. The van der Waals surface area contributed by atoms with Crippen molar-refractivity contribution in [2.45, 2.75) is 136 Å². The smallest absolute Gasteiger partial charge is 0.303 e. The zero-order chi connectivity index (χ0) is 25.3. The molecule has 0 aliphatic carbocycles. The first-order valence-corrected chi connectivity index (χ1v) is 13.8. The van der Waals surface area contributed by atoms with Crippen LogP contribution in [0.25, 0.3) is 0 Å². The Morgan fingerprint density at radius 1 is 0.606 bits per heavy atom. The van der Waals surface area contributed by atoms with Crippen LogP contribution in [0.3, 0.4) is 0 Å². The molecule has 0 spiro atoms. The predicted molar refractivity (Wildman–Crippen MR) is 142 cm³/mol. The third-order valence-corrected chi connectivity index (χ3v) is 5.04. The standard InChI is InChI=1S/C18H34O2.C8H18O.C2H6O2/c1-2-3-4-5-6-7-8-9-10-11-12-13-14-15-16-17-18(19)20;1-3-5-7-9-8-6-4-2;3-1-2-4/h9-10H,2-8,11-17H2,1H3,(H,19,20);3-8H2,1-2H3;3-4H,1-2H2/b10-9-;;. The summed E-state index contributed by atoms with van der Waals surface area (Å²) in [5, 5.41) is 23.8. The Morgan fingerprint density at radius 3 is 1.39 bits per heavy atom. The maximum Gasteiger partial charge on any atom is 0.303 e. The van der Waals surface area contributed by atoms with Crippen LogP contribution < -0.4 is 0 Å². The second-order valence-electron chi connectivity index (χ2n) is 8.49. The third kappa shape index (κ3) is 49.3. The highest BCUT2D eigenvalue weighted by Crippen LogP contribution is 2.09. The number of hydrogen-bond acceptors (Lipinski definition) is 4. The molecule has 0 bridgehead atoms. The summed E-state index contributed by atoms with van der Waals surface area (Å²) in [5.74, 6) is -0.664. The summed E-state index contributed by atoms with van der Waals surface area (Å²) in [7, 11) is 0. The van der Waals surface area contributed by atoms with Gasteiger partial charge in [-0.3, -0.25) is 4.79 Å². The van der Waals surface area contributed by atoms with Crippen LogP contribution in [0.2, 0.25) is 0 Å². The molecule has 3 N–H and O–H groups in total. The molecular formula is C28H58O5. The van der Waals surface area contributed by atoms with Gasteiger partial charge in [0.2, 0.25) is 0 Å². The van der Waals surface area contributed by atoms with E-state index < -0.39 is 5.97 Å². The molecule has 0 atom stereocenters. The highest BCUT2D eigenvalue weighted by atomic mass is 16.5. The molecule has 0 aliphatic heterocycles. The quantitative estimate of drug-likeness (QED) is 0.111. The van der Waals surface area contributed by atoms with Gasteiger partial charge < -0.3 is 20.1 Å². The van der Waals surface area contributed by atoms with Gasteiger partial charge in [0.1, 0.15) is 0 Å². The first-order valence-electron chi connectivity index (χ1n) is 13.8. The minimum absolute atomic E-state index is 0.125. The predicted octanol–water partition coefficient (Wildman–Crippen LogP) is 7.68. The van der Waals surface area contributed by atoms with Gasteiger partial charge in [-0.15, -0.1) is 0 Å². The zero-order valence-electron chi connectivity index (χ0n) is 22.4. The van der Waals surface area contributed by atoms with Crippen LogP contribution in [0.1, 0.15) is 136 Å². The van der Waals surface area contributed by atoms with Crippen LogP contribution in [0.15, 0.2) is 12.2 Å². The van der Waals surface area contributed by atoms with Gasteiger partial charge in [0.05, 0.1) is 13.2 Å². The zero-order valence-corrected chi connectivity index (χ0v) is 22.4. The molecule has 0 aliphatic rings. The van der Waals surface area contributed by atoms with Crippen molar-refractivity contribution in [1.29, 1.82) is 0 Å². The lowest BCUT2D eigenvalue weighted by Crippen LogP contribution is -1.95. The van der Waals surface area contributed by atoms with Crippen molar-refractivity contribution >= 4 is 5.97 Å². The molecule has 5 heteroatoms. The summed E-state index contributed by atoms with van der Waals surface area (Å²) < 4.78 is 5.31. The van der Waals surface area contributed by atoms with Gasteiger partial charge in [0, 0.05) is 19.6 Å². The number of carboxylic acid groups (broad SMARTS) is 1. The number of aliphatic hydroxyl groups is 2. The Kier molecular flexibility index (Phi) is 42.6. The topological polar surface area (TPSA) is 87.0 Å². The van der Waals surface area contributed by atoms with Gasteiger partial charge in [0.25, 0.3) is 0 Å². The highest BCUT2D eigenvalue weighted by Gasteiger charge is 1.95. The Bertz CT molecular complexity index is 350. The van der Waals surface area contributed by atoms with Crippen LogP contribution in [0, 0.1) is 0 Å². The number of hydrogen-bond donors (Lipinski definition) is 3. The number of aliphatic hydroxyl groups excluding tert-OH is 2. The average molecular weight is 475 g/mol. The van der Waals surface area contributed by atoms with Gasteiger partial charge in [-0.2, -0.15) is 0 Å². The maximum absolute atomic E-state index is 10.3. The fraction of sp³-hybridized carbons (Fsp3) is 0.893. The second-order valence-corrected chi connectivity index (χ2v) is 8.49. The lowest BCUT2D eigenvalue weighted by molar-refractivity contribution is -0.137. The van der Waals surface area contributed by atoms with E-state index >= 15 is 0 Å². The Balaban J connectivity index is -0.000000569. The average Bonchev–Trinajstić information content (AvgIpc) is 2.82. The van der Waals surface area contributed by atoms with Crippen LogP contribution in [-0.4, -0.2) is 47.7 Å². The molecule has 0 aromatic carbocycles. The third-order valence-electron chi connectivity index (χ3n) is 5.04. The first-order chi connectivity index (χ1) is 16.1.